The van der Waals surface area contributed by atoms with Crippen LogP contribution in [0.5, 0.6) is 0 Å². The maximum Gasteiger partial charge on any atom is 0.213 e. The van der Waals surface area contributed by atoms with Gasteiger partial charge >= 0.3 is 0 Å². The largest absolute Gasteiger partial charge is 0.324 e. The molecule has 0 amide bonds. The quantitative estimate of drug-likeness (QED) is 0.520. The molecule has 4 rings (SSSR count). The molecule has 126 valence electrons. The summed E-state index contributed by atoms with van der Waals surface area (Å²) in [5.41, 5.74) is 3.36. The van der Waals surface area contributed by atoms with Gasteiger partial charge in [-0.25, -0.2) is 15.0 Å². The Kier molecular flexibility index (Phi) is 3.97. The number of rotatable bonds is 4. The van der Waals surface area contributed by atoms with Gasteiger partial charge in [0.1, 0.15) is 11.3 Å². The van der Waals surface area contributed by atoms with Crippen molar-refractivity contribution in [3.05, 3.63) is 71.3 Å². The van der Waals surface area contributed by atoms with E-state index in [1.54, 1.807) is 18.3 Å². The van der Waals surface area contributed by atoms with E-state index < -0.39 is 5.95 Å². The Morgan fingerprint density at radius 2 is 2.04 bits per heavy atom. The molecule has 0 N–H and O–H groups in total. The minimum Gasteiger partial charge on any atom is -0.324 e. The number of hydrogen-bond donors (Lipinski definition) is 0. The fraction of sp³-hybridized carbons (Fsp3) is 0.167. The summed E-state index contributed by atoms with van der Waals surface area (Å²) in [6, 6.07) is 8.41. The van der Waals surface area contributed by atoms with Crippen molar-refractivity contribution < 1.29 is 4.39 Å². The van der Waals surface area contributed by atoms with Crippen molar-refractivity contribution in [3.8, 4) is 11.5 Å². The highest BCUT2D eigenvalue weighted by Gasteiger charge is 2.14. The fourth-order valence-corrected chi connectivity index (χ4v) is 3.14. The predicted molar refractivity (Wildman–Crippen MR) is 94.1 cm³/mol. The minimum atomic E-state index is -0.524. The van der Waals surface area contributed by atoms with E-state index in [2.05, 4.69) is 16.9 Å². The van der Waals surface area contributed by atoms with Crippen molar-refractivity contribution >= 4 is 17.2 Å². The van der Waals surface area contributed by atoms with E-state index in [9.17, 15) is 4.39 Å². The van der Waals surface area contributed by atoms with Crippen LogP contribution in [0, 0.1) is 5.95 Å². The topological polar surface area (TPSA) is 48.0 Å². The first-order valence-corrected chi connectivity index (χ1v) is 8.33. The van der Waals surface area contributed by atoms with Crippen LogP contribution in [-0.4, -0.2) is 23.9 Å². The summed E-state index contributed by atoms with van der Waals surface area (Å²) in [6.45, 7) is 2.60. The van der Waals surface area contributed by atoms with Crippen molar-refractivity contribution in [2.45, 2.75) is 19.9 Å². The third kappa shape index (κ3) is 2.89. The third-order valence-corrected chi connectivity index (χ3v) is 4.30. The molecule has 5 nitrogen and oxygen atoms in total. The lowest BCUT2D eigenvalue weighted by Crippen LogP contribution is -2.05. The number of nitrogens with zero attached hydrogens (tertiary/aromatic N) is 5. The summed E-state index contributed by atoms with van der Waals surface area (Å²) in [4.78, 5) is 13.0. The Morgan fingerprint density at radius 3 is 2.84 bits per heavy atom. The summed E-state index contributed by atoms with van der Waals surface area (Å²) < 4.78 is 17.4. The Balaban J connectivity index is 1.77. The van der Waals surface area contributed by atoms with Gasteiger partial charge in [-0.1, -0.05) is 24.6 Å². The first kappa shape index (κ1) is 15.8. The predicted octanol–water partition coefficient (Wildman–Crippen LogP) is 4.00. The summed E-state index contributed by atoms with van der Waals surface area (Å²) in [7, 11) is 0. The highest BCUT2D eigenvalue weighted by Crippen LogP contribution is 2.21. The van der Waals surface area contributed by atoms with Gasteiger partial charge in [-0.3, -0.25) is 0 Å². The molecular formula is C18H15ClFN5. The number of fused-ring (bicyclic) bond motifs is 1. The lowest BCUT2D eigenvalue weighted by Gasteiger charge is -2.07. The lowest BCUT2D eigenvalue weighted by molar-refractivity contribution is 0.584. The molecule has 4 aromatic rings. The molecule has 0 atom stereocenters. The fourth-order valence-electron chi connectivity index (χ4n) is 2.98. The van der Waals surface area contributed by atoms with Gasteiger partial charge in [0.25, 0.3) is 0 Å². The molecule has 0 aliphatic rings. The van der Waals surface area contributed by atoms with Crippen LogP contribution in [0.2, 0.25) is 5.02 Å². The van der Waals surface area contributed by atoms with E-state index in [0.29, 0.717) is 23.1 Å². The standard InChI is InChI=1S/C18H15ClFN5/c1-2-15-14(23-17-7-6-12(19)10-25(15)17)11-24-9-8-21-18(24)13-4-3-5-16(20)22-13/h3-10H,2,11H2,1H3. The van der Waals surface area contributed by atoms with Crippen molar-refractivity contribution in [2.75, 3.05) is 0 Å². The number of halogens is 2. The Bertz CT molecular complexity index is 1050. The van der Waals surface area contributed by atoms with Crippen LogP contribution in [0.25, 0.3) is 17.2 Å². The molecule has 0 aromatic carbocycles. The summed E-state index contributed by atoms with van der Waals surface area (Å²) >= 11 is 6.11. The van der Waals surface area contributed by atoms with E-state index in [0.717, 1.165) is 23.5 Å². The van der Waals surface area contributed by atoms with E-state index in [4.69, 9.17) is 16.6 Å². The highest BCUT2D eigenvalue weighted by molar-refractivity contribution is 6.30. The normalized spacial score (nSPS) is 11.3. The molecule has 0 aliphatic carbocycles. The highest BCUT2D eigenvalue weighted by atomic mass is 35.5. The number of imidazole rings is 2. The third-order valence-electron chi connectivity index (χ3n) is 4.08. The van der Waals surface area contributed by atoms with Crippen LogP contribution in [0.4, 0.5) is 4.39 Å². The number of hydrogen-bond acceptors (Lipinski definition) is 3. The van der Waals surface area contributed by atoms with Gasteiger partial charge in [-0.05, 0) is 30.7 Å². The number of aromatic nitrogens is 5. The zero-order valence-electron chi connectivity index (χ0n) is 13.5. The van der Waals surface area contributed by atoms with Gasteiger partial charge in [0.15, 0.2) is 5.82 Å². The SMILES string of the molecule is CCc1c(Cn2ccnc2-c2cccc(F)n2)nc2ccc(Cl)cn12. The first-order valence-electron chi connectivity index (χ1n) is 7.95. The molecule has 0 saturated heterocycles. The molecule has 0 saturated carbocycles. The van der Waals surface area contributed by atoms with Crippen LogP contribution in [0.15, 0.2) is 48.9 Å². The van der Waals surface area contributed by atoms with Crippen LogP contribution >= 0.6 is 11.6 Å². The average molecular weight is 356 g/mol. The van der Waals surface area contributed by atoms with Crippen molar-refractivity contribution in [1.82, 2.24) is 23.9 Å². The molecule has 0 aliphatic heterocycles. The van der Waals surface area contributed by atoms with Crippen LogP contribution in [-0.2, 0) is 13.0 Å². The summed E-state index contributed by atoms with van der Waals surface area (Å²) in [5, 5.41) is 0.665. The molecule has 4 heterocycles. The lowest BCUT2D eigenvalue weighted by atomic mass is 10.2. The Morgan fingerprint density at radius 1 is 1.16 bits per heavy atom. The van der Waals surface area contributed by atoms with E-state index in [1.165, 1.54) is 6.07 Å². The van der Waals surface area contributed by atoms with Gasteiger partial charge in [-0.2, -0.15) is 4.39 Å². The molecule has 7 heteroatoms. The zero-order chi connectivity index (χ0) is 17.4. The molecular weight excluding hydrogens is 341 g/mol. The first-order chi connectivity index (χ1) is 12.2. The second-order valence-electron chi connectivity index (χ2n) is 5.66. The molecule has 4 aromatic heterocycles. The maximum atomic E-state index is 13.4. The monoisotopic (exact) mass is 355 g/mol. The van der Waals surface area contributed by atoms with Crippen molar-refractivity contribution in [3.63, 3.8) is 0 Å². The number of pyridine rings is 2. The van der Waals surface area contributed by atoms with Crippen molar-refractivity contribution in [1.29, 1.82) is 0 Å². The molecule has 25 heavy (non-hydrogen) atoms. The van der Waals surface area contributed by atoms with Crippen LogP contribution in [0.3, 0.4) is 0 Å². The summed E-state index contributed by atoms with van der Waals surface area (Å²) in [5.74, 6) is 0.0836. The molecule has 0 fully saturated rings. The van der Waals surface area contributed by atoms with Crippen LogP contribution < -0.4 is 0 Å². The van der Waals surface area contributed by atoms with Gasteiger partial charge in [0.05, 0.1) is 17.3 Å². The zero-order valence-corrected chi connectivity index (χ0v) is 14.3. The smallest absolute Gasteiger partial charge is 0.213 e. The summed E-state index contributed by atoms with van der Waals surface area (Å²) in [6.07, 6.45) is 6.22. The van der Waals surface area contributed by atoms with Crippen molar-refractivity contribution in [2.24, 2.45) is 0 Å². The second kappa shape index (κ2) is 6.29. The maximum absolute atomic E-state index is 13.4. The van der Waals surface area contributed by atoms with Gasteiger partial charge in [0.2, 0.25) is 5.95 Å². The molecule has 0 radical (unpaired) electrons. The second-order valence-corrected chi connectivity index (χ2v) is 6.10. The van der Waals surface area contributed by atoms with Gasteiger partial charge < -0.3 is 8.97 Å². The Labute approximate surface area is 148 Å². The molecule has 0 spiro atoms. The van der Waals surface area contributed by atoms with Gasteiger partial charge in [0, 0.05) is 24.3 Å². The Hall–Kier alpha value is -2.73. The molecule has 0 unspecified atom stereocenters. The van der Waals surface area contributed by atoms with E-state index in [-0.39, 0.29) is 0 Å². The molecule has 0 bridgehead atoms. The van der Waals surface area contributed by atoms with Gasteiger partial charge in [-0.15, -0.1) is 0 Å². The average Bonchev–Trinajstić information content (AvgIpc) is 3.19. The minimum absolute atomic E-state index is 0.495. The van der Waals surface area contributed by atoms with E-state index in [1.807, 2.05) is 33.5 Å². The number of aryl methyl sites for hydroxylation is 1. The van der Waals surface area contributed by atoms with Crippen LogP contribution in [0.1, 0.15) is 18.3 Å². The van der Waals surface area contributed by atoms with E-state index >= 15 is 0 Å².